The van der Waals surface area contributed by atoms with Crippen molar-refractivity contribution in [3.8, 4) is 11.3 Å². The normalized spacial score (nSPS) is 16.5. The highest BCUT2D eigenvalue weighted by Gasteiger charge is 2.31. The van der Waals surface area contributed by atoms with E-state index in [-0.39, 0.29) is 29.6 Å². The number of imidazole rings is 1. The predicted octanol–water partition coefficient (Wildman–Crippen LogP) is 4.77. The molecule has 3 heterocycles. The number of benzene rings is 1. The zero-order valence-corrected chi connectivity index (χ0v) is 21.2. The summed E-state index contributed by atoms with van der Waals surface area (Å²) >= 11 is 0. The van der Waals surface area contributed by atoms with Gasteiger partial charge in [-0.25, -0.2) is 13.9 Å². The molecule has 0 bridgehead atoms. The Morgan fingerprint density at radius 3 is 2.46 bits per heavy atom. The standard InChI is InChI=1S/C27H34FN5O2/c1-17(2)6-11-25(34)32-13-12-31(15-19(32)5)27(35)24-16-33-26(29-24)22(18(3)4)14-23(30-33)20-7-9-21(28)10-8-20/h7-10,14,16-19H,6,11-13,15H2,1-5H3. The van der Waals surface area contributed by atoms with Gasteiger partial charge in [-0.15, -0.1) is 0 Å². The third-order valence-electron chi connectivity index (χ3n) is 6.61. The van der Waals surface area contributed by atoms with E-state index in [2.05, 4.69) is 37.8 Å². The topological polar surface area (TPSA) is 70.8 Å². The minimum absolute atomic E-state index is 0.0428. The van der Waals surface area contributed by atoms with Gasteiger partial charge in [0.2, 0.25) is 5.91 Å². The summed E-state index contributed by atoms with van der Waals surface area (Å²) in [6.07, 6.45) is 3.08. The zero-order chi connectivity index (χ0) is 25.3. The van der Waals surface area contributed by atoms with Gasteiger partial charge < -0.3 is 9.80 Å². The molecule has 0 N–H and O–H groups in total. The molecule has 4 rings (SSSR count). The van der Waals surface area contributed by atoms with Gasteiger partial charge in [-0.1, -0.05) is 27.7 Å². The maximum Gasteiger partial charge on any atom is 0.274 e. The molecule has 0 radical (unpaired) electrons. The molecule has 1 unspecified atom stereocenters. The van der Waals surface area contributed by atoms with Crippen molar-refractivity contribution in [1.29, 1.82) is 0 Å². The highest BCUT2D eigenvalue weighted by molar-refractivity contribution is 5.93. The van der Waals surface area contributed by atoms with E-state index in [0.717, 1.165) is 17.5 Å². The Hall–Kier alpha value is -3.29. The van der Waals surface area contributed by atoms with Crippen LogP contribution in [0, 0.1) is 11.7 Å². The summed E-state index contributed by atoms with van der Waals surface area (Å²) in [5.41, 5.74) is 3.43. The Kier molecular flexibility index (Phi) is 7.19. The molecule has 35 heavy (non-hydrogen) atoms. The first-order chi connectivity index (χ1) is 16.6. The first kappa shape index (κ1) is 24.8. The fourth-order valence-electron chi connectivity index (χ4n) is 4.52. The Labute approximate surface area is 205 Å². The monoisotopic (exact) mass is 479 g/mol. The summed E-state index contributed by atoms with van der Waals surface area (Å²) in [6, 6.07) is 8.12. The van der Waals surface area contributed by atoms with Crippen LogP contribution in [0.1, 0.15) is 69.4 Å². The minimum Gasteiger partial charge on any atom is -0.336 e. The molecule has 0 saturated carbocycles. The maximum atomic E-state index is 13.4. The largest absolute Gasteiger partial charge is 0.336 e. The number of piperazine rings is 1. The van der Waals surface area contributed by atoms with Gasteiger partial charge >= 0.3 is 0 Å². The van der Waals surface area contributed by atoms with Crippen LogP contribution in [0.25, 0.3) is 16.9 Å². The van der Waals surface area contributed by atoms with E-state index in [1.54, 1.807) is 27.7 Å². The highest BCUT2D eigenvalue weighted by atomic mass is 19.1. The molecule has 2 aromatic heterocycles. The van der Waals surface area contributed by atoms with Crippen molar-refractivity contribution < 1.29 is 14.0 Å². The second-order valence-electron chi connectivity index (χ2n) is 10.2. The number of fused-ring (bicyclic) bond motifs is 1. The van der Waals surface area contributed by atoms with Crippen LogP contribution in [-0.2, 0) is 4.79 Å². The average molecular weight is 480 g/mol. The van der Waals surface area contributed by atoms with Crippen molar-refractivity contribution in [1.82, 2.24) is 24.4 Å². The smallest absolute Gasteiger partial charge is 0.274 e. The number of hydrogen-bond acceptors (Lipinski definition) is 4. The number of aromatic nitrogens is 3. The first-order valence-corrected chi connectivity index (χ1v) is 12.4. The lowest BCUT2D eigenvalue weighted by Gasteiger charge is -2.39. The molecular weight excluding hydrogens is 445 g/mol. The second kappa shape index (κ2) is 10.1. The molecule has 7 nitrogen and oxygen atoms in total. The summed E-state index contributed by atoms with van der Waals surface area (Å²) in [5, 5.41) is 4.66. The van der Waals surface area contributed by atoms with Gasteiger partial charge in [0.1, 0.15) is 11.5 Å². The second-order valence-corrected chi connectivity index (χ2v) is 10.2. The highest BCUT2D eigenvalue weighted by Crippen LogP contribution is 2.26. The molecule has 1 saturated heterocycles. The number of amides is 2. The Balaban J connectivity index is 1.56. The third-order valence-corrected chi connectivity index (χ3v) is 6.61. The third kappa shape index (κ3) is 5.36. The predicted molar refractivity (Wildman–Crippen MR) is 134 cm³/mol. The Morgan fingerprint density at radius 1 is 1.11 bits per heavy atom. The van der Waals surface area contributed by atoms with Crippen molar-refractivity contribution in [3.63, 3.8) is 0 Å². The average Bonchev–Trinajstić information content (AvgIpc) is 3.25. The lowest BCUT2D eigenvalue weighted by Crippen LogP contribution is -2.55. The maximum absolute atomic E-state index is 13.4. The molecule has 186 valence electrons. The summed E-state index contributed by atoms with van der Waals surface area (Å²) < 4.78 is 15.0. The summed E-state index contributed by atoms with van der Waals surface area (Å²) in [5.74, 6) is 0.343. The number of hydrogen-bond donors (Lipinski definition) is 0. The molecule has 1 atom stereocenters. The number of carbonyl (C=O) groups is 2. The van der Waals surface area contributed by atoms with Gasteiger partial charge in [-0.05, 0) is 55.5 Å². The van der Waals surface area contributed by atoms with Crippen LogP contribution in [0.4, 0.5) is 4.39 Å². The van der Waals surface area contributed by atoms with E-state index in [9.17, 15) is 14.0 Å². The molecule has 0 aliphatic carbocycles. The molecule has 1 aliphatic heterocycles. The number of nitrogens with zero attached hydrogens (tertiary/aromatic N) is 5. The molecule has 1 fully saturated rings. The van der Waals surface area contributed by atoms with Crippen LogP contribution in [0.2, 0.25) is 0 Å². The SMILES string of the molecule is CC(C)CCC(=O)N1CCN(C(=O)c2cn3nc(-c4ccc(F)cc4)cc(C(C)C)c3n2)CC1C. The van der Waals surface area contributed by atoms with Gasteiger partial charge in [-0.3, -0.25) is 9.59 Å². The molecular formula is C27H34FN5O2. The van der Waals surface area contributed by atoms with Crippen LogP contribution < -0.4 is 0 Å². The van der Waals surface area contributed by atoms with Gasteiger partial charge in [-0.2, -0.15) is 5.10 Å². The van der Waals surface area contributed by atoms with Crippen LogP contribution in [-0.4, -0.2) is 61.9 Å². The zero-order valence-electron chi connectivity index (χ0n) is 21.2. The molecule has 1 aliphatic rings. The fraction of sp³-hybridized carbons (Fsp3) is 0.481. The molecule has 3 aromatic rings. The first-order valence-electron chi connectivity index (χ1n) is 12.4. The number of carbonyl (C=O) groups excluding carboxylic acids is 2. The van der Waals surface area contributed by atoms with E-state index in [0.29, 0.717) is 49.0 Å². The van der Waals surface area contributed by atoms with E-state index in [1.165, 1.54) is 12.1 Å². The lowest BCUT2D eigenvalue weighted by atomic mass is 10.0. The Bertz CT molecular complexity index is 1220. The molecule has 8 heteroatoms. The van der Waals surface area contributed by atoms with Crippen LogP contribution in [0.15, 0.2) is 36.5 Å². The molecule has 0 spiro atoms. The van der Waals surface area contributed by atoms with Crippen LogP contribution in [0.5, 0.6) is 0 Å². The van der Waals surface area contributed by atoms with Crippen molar-refractivity contribution in [2.75, 3.05) is 19.6 Å². The van der Waals surface area contributed by atoms with E-state index in [1.807, 2.05) is 17.9 Å². The van der Waals surface area contributed by atoms with E-state index < -0.39 is 0 Å². The minimum atomic E-state index is -0.301. The number of rotatable bonds is 6. The van der Waals surface area contributed by atoms with Gasteiger partial charge in [0.25, 0.3) is 5.91 Å². The van der Waals surface area contributed by atoms with Crippen molar-refractivity contribution >= 4 is 17.5 Å². The Morgan fingerprint density at radius 2 is 1.83 bits per heavy atom. The number of halogens is 1. The quantitative estimate of drug-likeness (QED) is 0.511. The van der Waals surface area contributed by atoms with Crippen LogP contribution >= 0.6 is 0 Å². The van der Waals surface area contributed by atoms with Gasteiger partial charge in [0.05, 0.1) is 11.9 Å². The molecule has 2 amide bonds. The van der Waals surface area contributed by atoms with E-state index in [4.69, 9.17) is 0 Å². The van der Waals surface area contributed by atoms with Gasteiger partial charge in [0, 0.05) is 43.2 Å². The fourth-order valence-corrected chi connectivity index (χ4v) is 4.52. The van der Waals surface area contributed by atoms with Crippen molar-refractivity contribution in [2.45, 2.75) is 59.4 Å². The van der Waals surface area contributed by atoms with Gasteiger partial charge in [0.15, 0.2) is 5.65 Å². The summed E-state index contributed by atoms with van der Waals surface area (Å²) in [6.45, 7) is 11.8. The van der Waals surface area contributed by atoms with Crippen molar-refractivity contribution in [3.05, 3.63) is 53.6 Å². The van der Waals surface area contributed by atoms with Crippen LogP contribution in [0.3, 0.4) is 0 Å². The molecule has 1 aromatic carbocycles. The lowest BCUT2D eigenvalue weighted by molar-refractivity contribution is -0.135. The van der Waals surface area contributed by atoms with Crippen molar-refractivity contribution in [2.24, 2.45) is 5.92 Å². The van der Waals surface area contributed by atoms with E-state index >= 15 is 0 Å². The summed E-state index contributed by atoms with van der Waals surface area (Å²) in [7, 11) is 0. The summed E-state index contributed by atoms with van der Waals surface area (Å²) in [4.78, 5) is 34.3.